The lowest BCUT2D eigenvalue weighted by atomic mass is 10.0. The van der Waals surface area contributed by atoms with Crippen LogP contribution >= 0.6 is 11.6 Å². The van der Waals surface area contributed by atoms with Crippen LogP contribution < -0.4 is 20.5 Å². The van der Waals surface area contributed by atoms with Crippen molar-refractivity contribution in [1.82, 2.24) is 29.0 Å². The number of fused-ring (bicyclic) bond motifs is 2. The van der Waals surface area contributed by atoms with Crippen LogP contribution in [0.1, 0.15) is 52.8 Å². The second-order valence-electron chi connectivity index (χ2n) is 10.6. The van der Waals surface area contributed by atoms with Gasteiger partial charge in [0, 0.05) is 30.4 Å². The predicted molar refractivity (Wildman–Crippen MR) is 158 cm³/mol. The number of nitrogens with zero attached hydrogens (tertiary/aromatic N) is 6. The van der Waals surface area contributed by atoms with E-state index in [1.54, 1.807) is 24.8 Å². The molecule has 17 heteroatoms. The van der Waals surface area contributed by atoms with Gasteiger partial charge in [0.2, 0.25) is 16.0 Å². The first kappa shape index (κ1) is 31.3. The van der Waals surface area contributed by atoms with Crippen LogP contribution in [0.25, 0.3) is 10.9 Å². The quantitative estimate of drug-likeness (QED) is 0.271. The number of rotatable bonds is 8. The zero-order valence-electron chi connectivity index (χ0n) is 24.0. The van der Waals surface area contributed by atoms with Crippen LogP contribution in [-0.2, 0) is 36.2 Å². The van der Waals surface area contributed by atoms with Gasteiger partial charge in [0.05, 0.1) is 41.1 Å². The lowest BCUT2D eigenvalue weighted by molar-refractivity contribution is -0.142. The topological polar surface area (TPSA) is 144 Å². The van der Waals surface area contributed by atoms with Gasteiger partial charge in [-0.05, 0) is 44.5 Å². The average molecular weight is 653 g/mol. The summed E-state index contributed by atoms with van der Waals surface area (Å²) in [6.45, 7) is 4.90. The molecule has 0 saturated heterocycles. The monoisotopic (exact) mass is 652 g/mol. The molecular weight excluding hydrogens is 625 g/mol. The molecule has 1 amide bonds. The third-order valence-electron chi connectivity index (χ3n) is 6.97. The largest absolute Gasteiger partial charge is 0.408 e. The number of aromatic nitrogens is 5. The number of hydrogen-bond acceptors (Lipinski definition) is 9. The van der Waals surface area contributed by atoms with Crippen molar-refractivity contribution < 1.29 is 26.4 Å². The molecule has 5 rings (SSSR count). The van der Waals surface area contributed by atoms with Gasteiger partial charge in [-0.3, -0.25) is 18.8 Å². The maximum atomic E-state index is 13.8. The Morgan fingerprint density at radius 1 is 1.18 bits per heavy atom. The number of benzene rings is 1. The highest BCUT2D eigenvalue weighted by Gasteiger charge is 2.32. The Labute approximate surface area is 254 Å². The summed E-state index contributed by atoms with van der Waals surface area (Å²) in [6.07, 6.45) is -2.20. The molecular formula is C27H28ClF3N8O4S. The Balaban J connectivity index is 1.53. The molecule has 1 aliphatic heterocycles. The first-order valence-electron chi connectivity index (χ1n) is 13.4. The standard InChI is InChI=1S/C27H28ClF3N8O4S/c1-5-39-25(41)18-9-14(2)8-17(15(3)32-19-6-7-21(28)33-23(19)24(40)36-44(4,42)43)22(18)34-26(39)37-10-16-11-38(13-27(29,30)31)35-20(16)12-37/h6-9,11,15,32H,5,10,12-13H2,1-4H3,(H,36,40)/t15-/m1/s1. The fraction of sp³-hybridized carbons (Fsp3) is 0.370. The van der Waals surface area contributed by atoms with E-state index in [1.165, 1.54) is 22.9 Å². The first-order valence-corrected chi connectivity index (χ1v) is 15.7. The summed E-state index contributed by atoms with van der Waals surface area (Å²) >= 11 is 6.00. The number of amides is 1. The Bertz CT molecular complexity index is 1940. The number of anilines is 2. The van der Waals surface area contributed by atoms with Crippen LogP contribution in [-0.4, -0.2) is 51.1 Å². The van der Waals surface area contributed by atoms with Gasteiger partial charge in [-0.15, -0.1) is 0 Å². The molecule has 1 aliphatic rings. The Morgan fingerprint density at radius 2 is 1.91 bits per heavy atom. The van der Waals surface area contributed by atoms with Crippen molar-refractivity contribution in [2.45, 2.75) is 59.2 Å². The molecule has 0 saturated carbocycles. The van der Waals surface area contributed by atoms with E-state index in [0.29, 0.717) is 40.2 Å². The molecule has 4 heterocycles. The molecule has 44 heavy (non-hydrogen) atoms. The number of alkyl halides is 3. The summed E-state index contributed by atoms with van der Waals surface area (Å²) in [6, 6.07) is 5.93. The maximum Gasteiger partial charge on any atom is 0.408 e. The minimum absolute atomic E-state index is 0.0223. The highest BCUT2D eigenvalue weighted by molar-refractivity contribution is 7.89. The highest BCUT2D eigenvalue weighted by Crippen LogP contribution is 2.32. The molecule has 2 N–H and O–H groups in total. The molecule has 4 aromatic rings. The van der Waals surface area contributed by atoms with Crippen LogP contribution in [0.5, 0.6) is 0 Å². The summed E-state index contributed by atoms with van der Waals surface area (Å²) in [5.41, 5.74) is 2.51. The summed E-state index contributed by atoms with van der Waals surface area (Å²) < 4.78 is 66.2. The second-order valence-corrected chi connectivity index (χ2v) is 12.7. The molecule has 0 bridgehead atoms. The molecule has 0 aliphatic carbocycles. The number of nitrogens with one attached hydrogen (secondary N) is 2. The van der Waals surface area contributed by atoms with Crippen LogP contribution in [0.2, 0.25) is 5.15 Å². The number of sulfonamides is 1. The van der Waals surface area contributed by atoms with Gasteiger partial charge < -0.3 is 10.2 Å². The van der Waals surface area contributed by atoms with Gasteiger partial charge in [-0.2, -0.15) is 18.3 Å². The molecule has 1 atom stereocenters. The molecule has 0 radical (unpaired) electrons. The number of pyridine rings is 1. The van der Waals surface area contributed by atoms with Gasteiger partial charge in [-0.1, -0.05) is 17.7 Å². The third kappa shape index (κ3) is 6.50. The zero-order valence-corrected chi connectivity index (χ0v) is 25.6. The van der Waals surface area contributed by atoms with Crippen LogP contribution in [0.4, 0.5) is 24.8 Å². The predicted octanol–water partition coefficient (Wildman–Crippen LogP) is 3.91. The van der Waals surface area contributed by atoms with Crippen molar-refractivity contribution in [3.05, 3.63) is 74.0 Å². The van der Waals surface area contributed by atoms with E-state index < -0.39 is 34.7 Å². The molecule has 0 unspecified atom stereocenters. The molecule has 12 nitrogen and oxygen atoms in total. The zero-order chi connectivity index (χ0) is 32.1. The fourth-order valence-electron chi connectivity index (χ4n) is 5.22. The van der Waals surface area contributed by atoms with Crippen molar-refractivity contribution in [1.29, 1.82) is 0 Å². The first-order chi connectivity index (χ1) is 20.5. The number of halogens is 4. The summed E-state index contributed by atoms with van der Waals surface area (Å²) in [5.74, 6) is -0.639. The van der Waals surface area contributed by atoms with Crippen molar-refractivity contribution in [2.75, 3.05) is 16.5 Å². The van der Waals surface area contributed by atoms with Crippen molar-refractivity contribution in [2.24, 2.45) is 0 Å². The smallest absolute Gasteiger partial charge is 0.377 e. The Kier molecular flexibility index (Phi) is 8.09. The van der Waals surface area contributed by atoms with Gasteiger partial charge in [0.15, 0.2) is 5.69 Å². The molecule has 1 aromatic carbocycles. The van der Waals surface area contributed by atoms with Gasteiger partial charge >= 0.3 is 6.18 Å². The van der Waals surface area contributed by atoms with Gasteiger partial charge in [-0.25, -0.2) is 23.1 Å². The molecule has 0 spiro atoms. The second kappa shape index (κ2) is 11.4. The highest BCUT2D eigenvalue weighted by atomic mass is 35.5. The number of aryl methyl sites for hydroxylation is 1. The average Bonchev–Trinajstić information content (AvgIpc) is 3.46. The van der Waals surface area contributed by atoms with E-state index in [9.17, 15) is 31.2 Å². The third-order valence-corrected chi connectivity index (χ3v) is 7.74. The minimum Gasteiger partial charge on any atom is -0.377 e. The summed E-state index contributed by atoms with van der Waals surface area (Å²) in [7, 11) is -3.88. The van der Waals surface area contributed by atoms with E-state index in [2.05, 4.69) is 15.4 Å². The van der Waals surface area contributed by atoms with E-state index in [-0.39, 0.29) is 35.2 Å². The van der Waals surface area contributed by atoms with Gasteiger partial charge in [0.1, 0.15) is 11.7 Å². The Morgan fingerprint density at radius 3 is 2.55 bits per heavy atom. The van der Waals surface area contributed by atoms with E-state index in [4.69, 9.17) is 16.6 Å². The number of carbonyl (C=O) groups excluding carboxylic acids is 1. The van der Waals surface area contributed by atoms with E-state index in [0.717, 1.165) is 16.5 Å². The van der Waals surface area contributed by atoms with Crippen molar-refractivity contribution >= 4 is 50.1 Å². The van der Waals surface area contributed by atoms with Gasteiger partial charge in [0.25, 0.3) is 11.5 Å². The number of carbonyl (C=O) groups is 1. The lowest BCUT2D eigenvalue weighted by Gasteiger charge is -2.24. The fourth-order valence-corrected chi connectivity index (χ4v) is 5.80. The number of hydrogen-bond donors (Lipinski definition) is 2. The van der Waals surface area contributed by atoms with Crippen LogP contribution in [0.15, 0.2) is 35.3 Å². The lowest BCUT2D eigenvalue weighted by Crippen LogP contribution is -2.31. The summed E-state index contributed by atoms with van der Waals surface area (Å²) in [5, 5.41) is 7.59. The van der Waals surface area contributed by atoms with Crippen LogP contribution in [0, 0.1) is 6.92 Å². The van der Waals surface area contributed by atoms with Crippen molar-refractivity contribution in [3.63, 3.8) is 0 Å². The van der Waals surface area contributed by atoms with Crippen LogP contribution in [0.3, 0.4) is 0 Å². The molecule has 3 aromatic heterocycles. The SMILES string of the molecule is CCn1c(N2Cc3cn(CC(F)(F)F)nc3C2)nc2c([C@@H](C)Nc3ccc(Cl)nc3C(=O)NS(C)(=O)=O)cc(C)cc2c1=O. The normalized spacial score (nSPS) is 14.1. The molecule has 0 fully saturated rings. The van der Waals surface area contributed by atoms with E-state index >= 15 is 0 Å². The molecule has 234 valence electrons. The van der Waals surface area contributed by atoms with Crippen molar-refractivity contribution in [3.8, 4) is 0 Å². The minimum atomic E-state index is -4.40. The Hall–Kier alpha value is -4.18. The van der Waals surface area contributed by atoms with E-state index in [1.807, 2.05) is 17.7 Å². The summed E-state index contributed by atoms with van der Waals surface area (Å²) in [4.78, 5) is 37.2. The maximum absolute atomic E-state index is 13.8.